The molecule has 0 unspecified atom stereocenters. The first kappa shape index (κ1) is 10.6. The standard InChI is InChI=1S/C7H7F3N2O2/c1-4-3-5(7(8,9)10)11-12(4)6(13)14-2/h3H,1-2H3. The zero-order valence-electron chi connectivity index (χ0n) is 7.42. The van der Waals surface area contributed by atoms with Gasteiger partial charge in [0.05, 0.1) is 7.11 Å². The zero-order valence-corrected chi connectivity index (χ0v) is 7.42. The number of halogens is 3. The molecule has 78 valence electrons. The Bertz CT molecular complexity index is 356. The van der Waals surface area contributed by atoms with Crippen LogP contribution in [0.1, 0.15) is 11.4 Å². The lowest BCUT2D eigenvalue weighted by Gasteiger charge is -2.01. The van der Waals surface area contributed by atoms with Gasteiger partial charge in [0.1, 0.15) is 0 Å². The number of carbonyl (C=O) groups is 1. The molecule has 0 N–H and O–H groups in total. The van der Waals surface area contributed by atoms with E-state index < -0.39 is 18.0 Å². The van der Waals surface area contributed by atoms with E-state index in [1.807, 2.05) is 0 Å². The molecule has 0 spiro atoms. The maximum absolute atomic E-state index is 12.1. The van der Waals surface area contributed by atoms with E-state index in [1.165, 1.54) is 6.92 Å². The minimum Gasteiger partial charge on any atom is -0.451 e. The van der Waals surface area contributed by atoms with Gasteiger partial charge in [-0.1, -0.05) is 0 Å². The van der Waals surface area contributed by atoms with Gasteiger partial charge in [0, 0.05) is 5.69 Å². The van der Waals surface area contributed by atoms with Gasteiger partial charge in [0.15, 0.2) is 5.69 Å². The molecule has 0 aliphatic rings. The summed E-state index contributed by atoms with van der Waals surface area (Å²) < 4.78 is 41.2. The third-order valence-electron chi connectivity index (χ3n) is 1.53. The number of nitrogens with zero attached hydrogens (tertiary/aromatic N) is 2. The fourth-order valence-corrected chi connectivity index (χ4v) is 0.884. The Labute approximate surface area is 77.3 Å². The molecule has 1 aromatic heterocycles. The first-order chi connectivity index (χ1) is 6.36. The Hall–Kier alpha value is -1.53. The van der Waals surface area contributed by atoms with Gasteiger partial charge in [0.25, 0.3) is 0 Å². The molecule has 14 heavy (non-hydrogen) atoms. The maximum Gasteiger partial charge on any atom is 0.435 e. The van der Waals surface area contributed by atoms with Gasteiger partial charge in [-0.2, -0.15) is 23.0 Å². The lowest BCUT2D eigenvalue weighted by atomic mass is 10.4. The average molecular weight is 208 g/mol. The molecule has 1 heterocycles. The Morgan fingerprint density at radius 3 is 2.50 bits per heavy atom. The SMILES string of the molecule is COC(=O)n1nc(C(F)(F)F)cc1C. The average Bonchev–Trinajstić information content (AvgIpc) is 2.45. The summed E-state index contributed by atoms with van der Waals surface area (Å²) in [6.07, 6.45) is -5.50. The molecule has 7 heteroatoms. The second-order valence-electron chi connectivity index (χ2n) is 2.55. The number of rotatable bonds is 0. The lowest BCUT2D eigenvalue weighted by molar-refractivity contribution is -0.141. The highest BCUT2D eigenvalue weighted by atomic mass is 19.4. The highest BCUT2D eigenvalue weighted by molar-refractivity contribution is 5.70. The van der Waals surface area contributed by atoms with Crippen molar-refractivity contribution < 1.29 is 22.7 Å². The second-order valence-corrected chi connectivity index (χ2v) is 2.55. The van der Waals surface area contributed by atoms with E-state index in [-0.39, 0.29) is 5.69 Å². The van der Waals surface area contributed by atoms with Gasteiger partial charge in [-0.15, -0.1) is 0 Å². The highest BCUT2D eigenvalue weighted by Gasteiger charge is 2.35. The van der Waals surface area contributed by atoms with Crippen LogP contribution in [-0.4, -0.2) is 23.0 Å². The summed E-state index contributed by atoms with van der Waals surface area (Å²) in [5.41, 5.74) is -1.04. The second kappa shape index (κ2) is 3.32. The normalized spacial score (nSPS) is 11.5. The fraction of sp³-hybridized carbons (Fsp3) is 0.429. The number of aromatic nitrogens is 2. The molecule has 0 aromatic carbocycles. The molecule has 0 amide bonds. The van der Waals surface area contributed by atoms with Crippen molar-refractivity contribution >= 4 is 6.09 Å². The molecule has 0 aliphatic carbocycles. The molecule has 0 bridgehead atoms. The first-order valence-electron chi connectivity index (χ1n) is 3.58. The number of carbonyl (C=O) groups excluding carboxylic acids is 1. The number of methoxy groups -OCH3 is 1. The Kier molecular flexibility index (Phi) is 2.50. The summed E-state index contributed by atoms with van der Waals surface area (Å²) in [4.78, 5) is 10.9. The van der Waals surface area contributed by atoms with Crippen molar-refractivity contribution in [2.75, 3.05) is 7.11 Å². The minimum atomic E-state index is -4.55. The molecule has 1 rings (SSSR count). The van der Waals surface area contributed by atoms with E-state index in [9.17, 15) is 18.0 Å². The molecule has 0 saturated heterocycles. The van der Waals surface area contributed by atoms with Crippen molar-refractivity contribution in [1.82, 2.24) is 9.78 Å². The molecule has 0 saturated carbocycles. The third kappa shape index (κ3) is 1.86. The highest BCUT2D eigenvalue weighted by Crippen LogP contribution is 2.28. The molecule has 0 aliphatic heterocycles. The van der Waals surface area contributed by atoms with Crippen LogP contribution in [0, 0.1) is 6.92 Å². The maximum atomic E-state index is 12.1. The van der Waals surface area contributed by atoms with E-state index in [1.54, 1.807) is 0 Å². The van der Waals surface area contributed by atoms with Crippen LogP contribution >= 0.6 is 0 Å². The topological polar surface area (TPSA) is 44.1 Å². The quantitative estimate of drug-likeness (QED) is 0.653. The molecule has 0 radical (unpaired) electrons. The lowest BCUT2D eigenvalue weighted by Crippen LogP contribution is -2.16. The number of hydrogen-bond donors (Lipinski definition) is 0. The summed E-state index contributed by atoms with van der Waals surface area (Å²) in [5, 5.41) is 3.07. The van der Waals surface area contributed by atoms with Crippen LogP contribution in [0.25, 0.3) is 0 Å². The molecular weight excluding hydrogens is 201 g/mol. The molecule has 0 fully saturated rings. The largest absolute Gasteiger partial charge is 0.451 e. The van der Waals surface area contributed by atoms with Crippen molar-refractivity contribution in [3.63, 3.8) is 0 Å². The fourth-order valence-electron chi connectivity index (χ4n) is 0.884. The molecular formula is C7H7F3N2O2. The van der Waals surface area contributed by atoms with Gasteiger partial charge in [-0.3, -0.25) is 0 Å². The van der Waals surface area contributed by atoms with Gasteiger partial charge in [-0.25, -0.2) is 4.79 Å². The van der Waals surface area contributed by atoms with Crippen LogP contribution in [-0.2, 0) is 10.9 Å². The zero-order chi connectivity index (χ0) is 10.9. The van der Waals surface area contributed by atoms with E-state index in [0.717, 1.165) is 13.2 Å². The van der Waals surface area contributed by atoms with E-state index in [2.05, 4.69) is 9.84 Å². The number of hydrogen-bond acceptors (Lipinski definition) is 3. The van der Waals surface area contributed by atoms with Crippen molar-refractivity contribution in [3.05, 3.63) is 17.5 Å². The summed E-state index contributed by atoms with van der Waals surface area (Å²) in [5.74, 6) is 0. The summed E-state index contributed by atoms with van der Waals surface area (Å²) in [7, 11) is 1.07. The minimum absolute atomic E-state index is 0.0733. The number of ether oxygens (including phenoxy) is 1. The van der Waals surface area contributed by atoms with E-state index in [0.29, 0.717) is 4.68 Å². The van der Waals surface area contributed by atoms with Gasteiger partial charge in [0.2, 0.25) is 0 Å². The van der Waals surface area contributed by atoms with Crippen molar-refractivity contribution in [1.29, 1.82) is 0 Å². The van der Waals surface area contributed by atoms with Crippen LogP contribution in [0.15, 0.2) is 6.07 Å². The third-order valence-corrected chi connectivity index (χ3v) is 1.53. The van der Waals surface area contributed by atoms with Gasteiger partial charge in [-0.05, 0) is 13.0 Å². The molecule has 0 atom stereocenters. The van der Waals surface area contributed by atoms with Crippen LogP contribution in [0.4, 0.5) is 18.0 Å². The summed E-state index contributed by atoms with van der Waals surface area (Å²) >= 11 is 0. The van der Waals surface area contributed by atoms with Crippen LogP contribution in [0.3, 0.4) is 0 Å². The van der Waals surface area contributed by atoms with E-state index >= 15 is 0 Å². The van der Waals surface area contributed by atoms with Crippen LogP contribution < -0.4 is 0 Å². The summed E-state index contributed by atoms with van der Waals surface area (Å²) in [6.45, 7) is 1.33. The Balaban J connectivity index is 3.12. The smallest absolute Gasteiger partial charge is 0.435 e. The Morgan fingerprint density at radius 2 is 2.14 bits per heavy atom. The van der Waals surface area contributed by atoms with E-state index in [4.69, 9.17) is 0 Å². The first-order valence-corrected chi connectivity index (χ1v) is 3.58. The van der Waals surface area contributed by atoms with Crippen molar-refractivity contribution in [2.24, 2.45) is 0 Å². The van der Waals surface area contributed by atoms with Gasteiger partial charge < -0.3 is 4.74 Å². The Morgan fingerprint density at radius 1 is 1.57 bits per heavy atom. The predicted octanol–water partition coefficient (Wildman–Crippen LogP) is 1.82. The van der Waals surface area contributed by atoms with Crippen LogP contribution in [0.5, 0.6) is 0 Å². The monoisotopic (exact) mass is 208 g/mol. The van der Waals surface area contributed by atoms with Crippen molar-refractivity contribution in [2.45, 2.75) is 13.1 Å². The number of aryl methyl sites for hydroxylation is 1. The van der Waals surface area contributed by atoms with Gasteiger partial charge >= 0.3 is 12.3 Å². The summed E-state index contributed by atoms with van der Waals surface area (Å²) in [6, 6.07) is 0.775. The molecule has 4 nitrogen and oxygen atoms in total. The molecule has 1 aromatic rings. The number of alkyl halides is 3. The van der Waals surface area contributed by atoms with Crippen molar-refractivity contribution in [3.8, 4) is 0 Å². The van der Waals surface area contributed by atoms with Crippen LogP contribution in [0.2, 0.25) is 0 Å². The predicted molar refractivity (Wildman–Crippen MR) is 39.8 cm³/mol.